The minimum atomic E-state index is -1.96. The van der Waals surface area contributed by atoms with E-state index in [4.69, 9.17) is 23.7 Å². The summed E-state index contributed by atoms with van der Waals surface area (Å²) in [4.78, 5) is 15.0. The molecule has 2 heterocycles. The Hall–Kier alpha value is -3.49. The molecule has 0 aromatic heterocycles. The van der Waals surface area contributed by atoms with Gasteiger partial charge in [-0.3, -0.25) is 0 Å². The van der Waals surface area contributed by atoms with E-state index in [2.05, 4.69) is 4.90 Å². The largest absolute Gasteiger partial charge is 0.497 e. The average Bonchev–Trinajstić information content (AvgIpc) is 3.43. The molecule has 0 saturated heterocycles. The van der Waals surface area contributed by atoms with Gasteiger partial charge in [-0.05, 0) is 62.5 Å². The molecular weight excluding hydrogens is 438 g/mol. The SMILES string of the molecule is COc1ccc(C2(O)OC(=O)C(C3=COCO3)=C2Cc2cccc(OCCCN(C)C)c2)cc1. The number of aliphatic hydroxyl groups is 1. The average molecular weight is 468 g/mol. The van der Waals surface area contributed by atoms with Gasteiger partial charge in [0, 0.05) is 24.1 Å². The van der Waals surface area contributed by atoms with Crippen molar-refractivity contribution in [2.45, 2.75) is 18.6 Å². The molecule has 2 aliphatic rings. The standard InChI is InChI=1S/C26H29NO7/c1-27(2)12-5-13-32-21-7-4-6-18(14-21)15-22-24(23-16-31-17-33-23)25(28)34-26(22,29)19-8-10-20(30-3)11-9-19/h4,6-11,14,16,29H,5,12-13,15,17H2,1-3H3. The second-order valence-corrected chi connectivity index (χ2v) is 8.36. The zero-order valence-electron chi connectivity index (χ0n) is 19.6. The molecule has 0 radical (unpaired) electrons. The van der Waals surface area contributed by atoms with Crippen molar-refractivity contribution in [1.29, 1.82) is 0 Å². The van der Waals surface area contributed by atoms with Crippen LogP contribution in [0.2, 0.25) is 0 Å². The number of carbonyl (C=O) groups excluding carboxylic acids is 1. The predicted molar refractivity (Wildman–Crippen MR) is 124 cm³/mol. The van der Waals surface area contributed by atoms with Gasteiger partial charge in [0.25, 0.3) is 5.79 Å². The molecule has 0 amide bonds. The quantitative estimate of drug-likeness (QED) is 0.421. The number of hydrogen-bond acceptors (Lipinski definition) is 8. The number of esters is 1. The Bertz CT molecular complexity index is 1090. The molecule has 34 heavy (non-hydrogen) atoms. The molecule has 4 rings (SSSR count). The van der Waals surface area contributed by atoms with E-state index in [1.165, 1.54) is 6.26 Å². The predicted octanol–water partition coefficient (Wildman–Crippen LogP) is 3.11. The van der Waals surface area contributed by atoms with Gasteiger partial charge >= 0.3 is 5.97 Å². The minimum absolute atomic E-state index is 0.00334. The van der Waals surface area contributed by atoms with Crippen LogP contribution in [0.25, 0.3) is 0 Å². The highest BCUT2D eigenvalue weighted by Gasteiger charge is 2.49. The maximum atomic E-state index is 12.9. The van der Waals surface area contributed by atoms with Crippen molar-refractivity contribution in [3.05, 3.63) is 82.8 Å². The van der Waals surface area contributed by atoms with Crippen LogP contribution in [0.3, 0.4) is 0 Å². The number of rotatable bonds is 10. The fraction of sp³-hybridized carbons (Fsp3) is 0.346. The number of ether oxygens (including phenoxy) is 5. The Labute approximate surface area is 198 Å². The smallest absolute Gasteiger partial charge is 0.345 e. The van der Waals surface area contributed by atoms with Crippen LogP contribution in [0.5, 0.6) is 11.5 Å². The second-order valence-electron chi connectivity index (χ2n) is 8.36. The molecule has 8 heteroatoms. The molecule has 2 aliphatic heterocycles. The maximum Gasteiger partial charge on any atom is 0.345 e. The molecule has 8 nitrogen and oxygen atoms in total. The highest BCUT2D eigenvalue weighted by Crippen LogP contribution is 2.44. The number of methoxy groups -OCH3 is 1. The zero-order valence-corrected chi connectivity index (χ0v) is 19.6. The van der Waals surface area contributed by atoms with Crippen molar-refractivity contribution < 1.29 is 33.6 Å². The number of carbonyl (C=O) groups is 1. The number of nitrogens with zero attached hydrogens (tertiary/aromatic N) is 1. The van der Waals surface area contributed by atoms with E-state index >= 15 is 0 Å². The highest BCUT2D eigenvalue weighted by atomic mass is 16.7. The van der Waals surface area contributed by atoms with Crippen LogP contribution in [0.4, 0.5) is 0 Å². The summed E-state index contributed by atoms with van der Waals surface area (Å²) in [6, 6.07) is 14.3. The summed E-state index contributed by atoms with van der Waals surface area (Å²) >= 11 is 0. The molecule has 0 saturated carbocycles. The molecule has 2 aromatic carbocycles. The molecule has 1 N–H and O–H groups in total. The monoisotopic (exact) mass is 467 g/mol. The van der Waals surface area contributed by atoms with Crippen molar-refractivity contribution in [3.63, 3.8) is 0 Å². The summed E-state index contributed by atoms with van der Waals surface area (Å²) in [6.07, 6.45) is 2.50. The van der Waals surface area contributed by atoms with Crippen LogP contribution in [0.1, 0.15) is 17.5 Å². The van der Waals surface area contributed by atoms with Gasteiger partial charge in [0.15, 0.2) is 5.76 Å². The normalized spacial score (nSPS) is 19.6. The fourth-order valence-electron chi connectivity index (χ4n) is 3.94. The Kier molecular flexibility index (Phi) is 7.09. The van der Waals surface area contributed by atoms with Gasteiger partial charge in [-0.15, -0.1) is 0 Å². The first-order valence-electron chi connectivity index (χ1n) is 11.1. The zero-order chi connectivity index (χ0) is 24.1. The fourth-order valence-corrected chi connectivity index (χ4v) is 3.94. The van der Waals surface area contributed by atoms with Crippen molar-refractivity contribution in [2.24, 2.45) is 0 Å². The van der Waals surface area contributed by atoms with Crippen molar-refractivity contribution in [3.8, 4) is 11.5 Å². The van der Waals surface area contributed by atoms with Gasteiger partial charge in [0.1, 0.15) is 23.3 Å². The van der Waals surface area contributed by atoms with E-state index in [-0.39, 0.29) is 24.5 Å². The number of cyclic esters (lactones) is 1. The van der Waals surface area contributed by atoms with Gasteiger partial charge in [-0.1, -0.05) is 12.1 Å². The number of benzene rings is 2. The first-order chi connectivity index (χ1) is 16.4. The summed E-state index contributed by atoms with van der Waals surface area (Å²) in [7, 11) is 5.60. The lowest BCUT2D eigenvalue weighted by Crippen LogP contribution is -2.29. The highest BCUT2D eigenvalue weighted by molar-refractivity contribution is 5.97. The summed E-state index contributed by atoms with van der Waals surface area (Å²) < 4.78 is 27.3. The van der Waals surface area contributed by atoms with Crippen LogP contribution in [-0.2, 0) is 31.2 Å². The summed E-state index contributed by atoms with van der Waals surface area (Å²) in [5, 5.41) is 11.6. The van der Waals surface area contributed by atoms with Crippen molar-refractivity contribution in [2.75, 3.05) is 41.1 Å². The topological polar surface area (TPSA) is 86.7 Å². The van der Waals surface area contributed by atoms with Gasteiger partial charge in [0.2, 0.25) is 6.79 Å². The minimum Gasteiger partial charge on any atom is -0.497 e. The van der Waals surface area contributed by atoms with Crippen LogP contribution < -0.4 is 9.47 Å². The number of hydrogen-bond donors (Lipinski definition) is 1. The van der Waals surface area contributed by atoms with Gasteiger partial charge < -0.3 is 33.7 Å². The second kappa shape index (κ2) is 10.2. The van der Waals surface area contributed by atoms with Gasteiger partial charge in [-0.2, -0.15) is 0 Å². The third-order valence-corrected chi connectivity index (χ3v) is 5.65. The Balaban J connectivity index is 1.65. The van der Waals surface area contributed by atoms with E-state index in [1.807, 2.05) is 38.4 Å². The summed E-state index contributed by atoms with van der Waals surface area (Å²) in [6.45, 7) is 1.52. The lowest BCUT2D eigenvalue weighted by Gasteiger charge is -2.26. The third-order valence-electron chi connectivity index (χ3n) is 5.65. The molecule has 0 spiro atoms. The van der Waals surface area contributed by atoms with E-state index in [1.54, 1.807) is 31.4 Å². The third kappa shape index (κ3) is 5.03. The Morgan fingerprint density at radius 3 is 2.59 bits per heavy atom. The maximum absolute atomic E-state index is 12.9. The first-order valence-corrected chi connectivity index (χ1v) is 11.1. The molecule has 0 aliphatic carbocycles. The molecule has 1 atom stereocenters. The van der Waals surface area contributed by atoms with E-state index in [0.29, 0.717) is 23.5 Å². The molecule has 1 unspecified atom stereocenters. The lowest BCUT2D eigenvalue weighted by molar-refractivity contribution is -0.186. The summed E-state index contributed by atoms with van der Waals surface area (Å²) in [5.74, 6) is -1.07. The molecule has 0 bridgehead atoms. The van der Waals surface area contributed by atoms with E-state index < -0.39 is 11.8 Å². The molecule has 180 valence electrons. The van der Waals surface area contributed by atoms with Crippen LogP contribution >= 0.6 is 0 Å². The van der Waals surface area contributed by atoms with Crippen LogP contribution in [0.15, 0.2) is 71.7 Å². The Morgan fingerprint density at radius 1 is 1.12 bits per heavy atom. The lowest BCUT2D eigenvalue weighted by atomic mass is 9.89. The van der Waals surface area contributed by atoms with Crippen LogP contribution in [-0.4, -0.2) is 57.1 Å². The first kappa shape index (κ1) is 23.7. The van der Waals surface area contributed by atoms with Crippen LogP contribution in [0, 0.1) is 0 Å². The van der Waals surface area contributed by atoms with E-state index in [0.717, 1.165) is 24.3 Å². The van der Waals surface area contributed by atoms with E-state index in [9.17, 15) is 9.90 Å². The van der Waals surface area contributed by atoms with Gasteiger partial charge in [0.05, 0.1) is 13.7 Å². The summed E-state index contributed by atoms with van der Waals surface area (Å²) in [5.41, 5.74) is 1.78. The molecule has 0 fully saturated rings. The molecular formula is C26H29NO7. The van der Waals surface area contributed by atoms with Crippen molar-refractivity contribution >= 4 is 5.97 Å². The van der Waals surface area contributed by atoms with Gasteiger partial charge in [-0.25, -0.2) is 4.79 Å². The molecule has 2 aromatic rings. The van der Waals surface area contributed by atoms with Crippen molar-refractivity contribution in [1.82, 2.24) is 4.90 Å². The Morgan fingerprint density at radius 2 is 1.91 bits per heavy atom.